The van der Waals surface area contributed by atoms with Crippen molar-refractivity contribution in [3.05, 3.63) is 0 Å². The highest BCUT2D eigenvalue weighted by Gasteiger charge is 2.27. The van der Waals surface area contributed by atoms with Gasteiger partial charge in [0, 0.05) is 32.5 Å². The molecule has 0 aliphatic carbocycles. The molecule has 0 saturated heterocycles. The number of rotatable bonds is 21. The van der Waals surface area contributed by atoms with Crippen molar-refractivity contribution >= 4 is 5.97 Å². The molecule has 0 aromatic carbocycles. The van der Waals surface area contributed by atoms with Crippen molar-refractivity contribution < 1.29 is 19.7 Å². The number of carbonyl (C=O) groups is 1. The zero-order valence-corrected chi connectivity index (χ0v) is 18.9. The molecule has 0 aliphatic rings. The quantitative estimate of drug-likeness (QED) is 0.175. The Morgan fingerprint density at radius 1 is 0.679 bits per heavy atom. The van der Waals surface area contributed by atoms with Crippen LogP contribution in [-0.4, -0.2) is 35.0 Å². The van der Waals surface area contributed by atoms with E-state index in [9.17, 15) is 4.79 Å². The van der Waals surface area contributed by atoms with Gasteiger partial charge in [-0.05, 0) is 13.3 Å². The lowest BCUT2D eigenvalue weighted by atomic mass is 9.98. The molecule has 0 aliphatic heterocycles. The highest BCUT2D eigenvalue weighted by Crippen LogP contribution is 2.21. The SMILES string of the molecule is CCCCCCCCCCCCCCCCCC(=O)OC(C)(CCO)CCO. The molecule has 0 atom stereocenters. The Hall–Kier alpha value is -0.610. The number of hydrogen-bond donors (Lipinski definition) is 2. The van der Waals surface area contributed by atoms with Gasteiger partial charge in [0.05, 0.1) is 0 Å². The van der Waals surface area contributed by atoms with Crippen molar-refractivity contribution in [3.63, 3.8) is 0 Å². The van der Waals surface area contributed by atoms with E-state index in [1.54, 1.807) is 6.92 Å². The molecule has 0 saturated carbocycles. The monoisotopic (exact) mass is 400 g/mol. The van der Waals surface area contributed by atoms with Crippen molar-refractivity contribution in [2.45, 2.75) is 135 Å². The number of aliphatic hydroxyl groups is 2. The minimum Gasteiger partial charge on any atom is -0.459 e. The van der Waals surface area contributed by atoms with Gasteiger partial charge >= 0.3 is 5.97 Å². The lowest BCUT2D eigenvalue weighted by Crippen LogP contribution is -2.34. The maximum absolute atomic E-state index is 12.0. The van der Waals surface area contributed by atoms with Gasteiger partial charge in [-0.15, -0.1) is 0 Å². The molecular weight excluding hydrogens is 352 g/mol. The average Bonchev–Trinajstić information content (AvgIpc) is 2.65. The van der Waals surface area contributed by atoms with E-state index in [-0.39, 0.29) is 19.2 Å². The summed E-state index contributed by atoms with van der Waals surface area (Å²) in [5.41, 5.74) is -0.740. The Bertz CT molecular complexity index is 337. The first kappa shape index (κ1) is 27.4. The minimum atomic E-state index is -0.740. The molecule has 0 heterocycles. The fraction of sp³-hybridized carbons (Fsp3) is 0.958. The van der Waals surface area contributed by atoms with Gasteiger partial charge in [-0.2, -0.15) is 0 Å². The third-order valence-corrected chi connectivity index (χ3v) is 5.63. The first-order valence-electron chi connectivity index (χ1n) is 12.0. The van der Waals surface area contributed by atoms with Gasteiger partial charge in [-0.3, -0.25) is 4.79 Å². The largest absolute Gasteiger partial charge is 0.459 e. The van der Waals surface area contributed by atoms with Gasteiger partial charge in [0.2, 0.25) is 0 Å². The summed E-state index contributed by atoms with van der Waals surface area (Å²) in [6.07, 6.45) is 20.8. The molecule has 0 radical (unpaired) electrons. The molecule has 0 aromatic rings. The molecular formula is C24H48O4. The van der Waals surface area contributed by atoms with Gasteiger partial charge < -0.3 is 14.9 Å². The molecule has 0 bridgehead atoms. The Labute approximate surface area is 174 Å². The minimum absolute atomic E-state index is 0.0389. The van der Waals surface area contributed by atoms with Crippen LogP contribution in [0.25, 0.3) is 0 Å². The standard InChI is InChI=1S/C24H48O4/c1-3-4-5-6-7-8-9-10-11-12-13-14-15-16-17-18-23(27)28-24(2,19-21-25)20-22-26/h25-26H,3-22H2,1-2H3. The van der Waals surface area contributed by atoms with Crippen LogP contribution in [0, 0.1) is 0 Å². The third kappa shape index (κ3) is 17.5. The summed E-state index contributed by atoms with van der Waals surface area (Å²) in [5, 5.41) is 18.2. The summed E-state index contributed by atoms with van der Waals surface area (Å²) < 4.78 is 5.48. The first-order valence-corrected chi connectivity index (χ1v) is 12.0. The van der Waals surface area contributed by atoms with E-state index >= 15 is 0 Å². The molecule has 168 valence electrons. The van der Waals surface area contributed by atoms with E-state index in [1.807, 2.05) is 0 Å². The van der Waals surface area contributed by atoms with E-state index in [2.05, 4.69) is 6.92 Å². The number of esters is 1. The molecule has 28 heavy (non-hydrogen) atoms. The van der Waals surface area contributed by atoms with Crippen molar-refractivity contribution in [3.8, 4) is 0 Å². The predicted molar refractivity (Wildman–Crippen MR) is 117 cm³/mol. The van der Waals surface area contributed by atoms with Crippen LogP contribution in [-0.2, 0) is 9.53 Å². The number of unbranched alkanes of at least 4 members (excludes halogenated alkanes) is 14. The van der Waals surface area contributed by atoms with E-state index < -0.39 is 5.60 Å². The van der Waals surface area contributed by atoms with E-state index in [4.69, 9.17) is 14.9 Å². The van der Waals surface area contributed by atoms with Gasteiger partial charge in [0.25, 0.3) is 0 Å². The van der Waals surface area contributed by atoms with Crippen molar-refractivity contribution in [2.24, 2.45) is 0 Å². The molecule has 2 N–H and O–H groups in total. The number of aliphatic hydroxyl groups excluding tert-OH is 2. The fourth-order valence-corrected chi connectivity index (χ4v) is 3.67. The first-order chi connectivity index (χ1) is 13.6. The summed E-state index contributed by atoms with van der Waals surface area (Å²) in [6, 6.07) is 0. The lowest BCUT2D eigenvalue weighted by Gasteiger charge is -2.28. The van der Waals surface area contributed by atoms with Crippen molar-refractivity contribution in [1.29, 1.82) is 0 Å². The van der Waals surface area contributed by atoms with Gasteiger partial charge in [-0.25, -0.2) is 0 Å². The van der Waals surface area contributed by atoms with Crippen LogP contribution in [0.3, 0.4) is 0 Å². The maximum atomic E-state index is 12.0. The van der Waals surface area contributed by atoms with E-state index in [0.717, 1.165) is 12.8 Å². The predicted octanol–water partition coefficient (Wildman–Crippen LogP) is 6.31. The summed E-state index contributed by atoms with van der Waals surface area (Å²) in [5.74, 6) is -0.209. The molecule has 0 amide bonds. The van der Waals surface area contributed by atoms with E-state index in [1.165, 1.54) is 83.5 Å². The smallest absolute Gasteiger partial charge is 0.306 e. The number of carbonyl (C=O) groups excluding carboxylic acids is 1. The normalized spacial score (nSPS) is 11.7. The highest BCUT2D eigenvalue weighted by atomic mass is 16.6. The van der Waals surface area contributed by atoms with Gasteiger partial charge in [0.15, 0.2) is 0 Å². The highest BCUT2D eigenvalue weighted by molar-refractivity contribution is 5.69. The Balaban J connectivity index is 3.41. The summed E-state index contributed by atoms with van der Waals surface area (Å²) in [7, 11) is 0. The van der Waals surface area contributed by atoms with Crippen molar-refractivity contribution in [1.82, 2.24) is 0 Å². The van der Waals surface area contributed by atoms with Crippen LogP contribution in [0.2, 0.25) is 0 Å². The molecule has 0 spiro atoms. The van der Waals surface area contributed by atoms with Gasteiger partial charge in [-0.1, -0.05) is 96.8 Å². The zero-order chi connectivity index (χ0) is 20.9. The molecule has 0 fully saturated rings. The van der Waals surface area contributed by atoms with Gasteiger partial charge in [0.1, 0.15) is 5.60 Å². The number of hydrogen-bond acceptors (Lipinski definition) is 4. The Morgan fingerprint density at radius 3 is 1.39 bits per heavy atom. The molecule has 4 nitrogen and oxygen atoms in total. The summed E-state index contributed by atoms with van der Waals surface area (Å²) >= 11 is 0. The lowest BCUT2D eigenvalue weighted by molar-refractivity contribution is -0.161. The maximum Gasteiger partial charge on any atom is 0.306 e. The second-order valence-corrected chi connectivity index (χ2v) is 8.57. The second kappa shape index (κ2) is 19.7. The van der Waals surface area contributed by atoms with Crippen LogP contribution >= 0.6 is 0 Å². The molecule has 4 heteroatoms. The van der Waals surface area contributed by atoms with Crippen LogP contribution in [0.5, 0.6) is 0 Å². The topological polar surface area (TPSA) is 66.8 Å². The average molecular weight is 401 g/mol. The molecule has 0 unspecified atom stereocenters. The van der Waals surface area contributed by atoms with Crippen LogP contribution in [0.4, 0.5) is 0 Å². The molecule has 0 aromatic heterocycles. The van der Waals surface area contributed by atoms with Crippen LogP contribution < -0.4 is 0 Å². The fourth-order valence-electron chi connectivity index (χ4n) is 3.67. The third-order valence-electron chi connectivity index (χ3n) is 5.63. The zero-order valence-electron chi connectivity index (χ0n) is 18.9. The summed E-state index contributed by atoms with van der Waals surface area (Å²) in [4.78, 5) is 12.0. The second-order valence-electron chi connectivity index (χ2n) is 8.57. The number of ether oxygens (including phenoxy) is 1. The van der Waals surface area contributed by atoms with E-state index in [0.29, 0.717) is 19.3 Å². The Morgan fingerprint density at radius 2 is 1.04 bits per heavy atom. The van der Waals surface area contributed by atoms with Crippen LogP contribution in [0.1, 0.15) is 129 Å². The van der Waals surface area contributed by atoms with Crippen molar-refractivity contribution in [2.75, 3.05) is 13.2 Å². The Kier molecular flexibility index (Phi) is 19.3. The van der Waals surface area contributed by atoms with Crippen LogP contribution in [0.15, 0.2) is 0 Å². The summed E-state index contributed by atoms with van der Waals surface area (Å²) in [6.45, 7) is 3.97. The molecule has 0 rings (SSSR count).